The minimum atomic E-state index is 0.630. The molecule has 0 saturated carbocycles. The first-order chi connectivity index (χ1) is 15.6. The molecule has 8 nitrogen and oxygen atoms in total. The van der Waals surface area contributed by atoms with Gasteiger partial charge in [-0.15, -0.1) is 0 Å². The van der Waals surface area contributed by atoms with E-state index in [9.17, 15) is 0 Å². The Bertz CT molecular complexity index is 1270. The standard InChI is InChI=1S/C23H25N5O3S/c1-13-8-22(26-25-13)24-17-12-18-16(11-19(17)29-2)23(27-31-18)28-32-21-10-15-7-5-4-6-14(15)9-20(21)30-3/h8-12H,4-7H2,1-3H3,(H,27,28)(H2,24,25,26). The Labute approximate surface area is 190 Å². The first-order valence-electron chi connectivity index (χ1n) is 10.5. The van der Waals surface area contributed by atoms with E-state index in [2.05, 4.69) is 37.5 Å². The molecular weight excluding hydrogens is 426 g/mol. The molecule has 2 aromatic heterocycles. The summed E-state index contributed by atoms with van der Waals surface area (Å²) < 4.78 is 20.1. The molecule has 4 aromatic rings. The van der Waals surface area contributed by atoms with Gasteiger partial charge in [0.05, 0.1) is 30.2 Å². The lowest BCUT2D eigenvalue weighted by molar-refractivity contribution is 0.403. The van der Waals surface area contributed by atoms with Gasteiger partial charge in [-0.05, 0) is 73.9 Å². The largest absolute Gasteiger partial charge is 0.496 e. The average Bonchev–Trinajstić information content (AvgIpc) is 3.41. The maximum Gasteiger partial charge on any atom is 0.187 e. The van der Waals surface area contributed by atoms with Gasteiger partial charge >= 0.3 is 0 Å². The second-order valence-corrected chi connectivity index (χ2v) is 8.67. The predicted octanol–water partition coefficient (Wildman–Crippen LogP) is 5.62. The van der Waals surface area contributed by atoms with Crippen LogP contribution in [0.3, 0.4) is 0 Å². The van der Waals surface area contributed by atoms with Gasteiger partial charge in [0.25, 0.3) is 0 Å². The summed E-state index contributed by atoms with van der Waals surface area (Å²) >= 11 is 1.47. The van der Waals surface area contributed by atoms with Crippen molar-refractivity contribution < 1.29 is 14.0 Å². The lowest BCUT2D eigenvalue weighted by atomic mass is 9.92. The minimum absolute atomic E-state index is 0.630. The fraction of sp³-hybridized carbons (Fsp3) is 0.304. The number of nitrogens with one attached hydrogen (secondary N) is 3. The number of nitrogens with zero attached hydrogens (tertiary/aromatic N) is 2. The number of hydrogen-bond acceptors (Lipinski definition) is 8. The highest BCUT2D eigenvalue weighted by Gasteiger charge is 2.17. The lowest BCUT2D eigenvalue weighted by Crippen LogP contribution is -2.04. The van der Waals surface area contributed by atoms with E-state index in [1.807, 2.05) is 25.1 Å². The smallest absolute Gasteiger partial charge is 0.187 e. The molecule has 0 amide bonds. The summed E-state index contributed by atoms with van der Waals surface area (Å²) in [5.74, 6) is 2.87. The highest BCUT2D eigenvalue weighted by Crippen LogP contribution is 2.39. The Hall–Kier alpha value is -3.33. The van der Waals surface area contributed by atoms with Gasteiger partial charge < -0.3 is 24.0 Å². The minimum Gasteiger partial charge on any atom is -0.496 e. The fourth-order valence-electron chi connectivity index (χ4n) is 4.01. The molecule has 0 radical (unpaired) electrons. The summed E-state index contributed by atoms with van der Waals surface area (Å²) in [6.07, 6.45) is 4.71. The molecule has 9 heteroatoms. The van der Waals surface area contributed by atoms with Gasteiger partial charge in [-0.3, -0.25) is 5.10 Å². The van der Waals surface area contributed by atoms with Crippen molar-refractivity contribution in [2.24, 2.45) is 0 Å². The second kappa shape index (κ2) is 8.66. The zero-order chi connectivity index (χ0) is 22.1. The third-order valence-electron chi connectivity index (χ3n) is 5.65. The van der Waals surface area contributed by atoms with E-state index in [4.69, 9.17) is 14.0 Å². The predicted molar refractivity (Wildman–Crippen MR) is 126 cm³/mol. The van der Waals surface area contributed by atoms with E-state index in [-0.39, 0.29) is 0 Å². The molecule has 0 saturated heterocycles. The molecule has 5 rings (SSSR count). The van der Waals surface area contributed by atoms with Gasteiger partial charge in [0, 0.05) is 17.8 Å². The van der Waals surface area contributed by atoms with Crippen LogP contribution in [0.15, 0.2) is 39.8 Å². The number of benzene rings is 2. The Morgan fingerprint density at radius 1 is 1.00 bits per heavy atom. The first-order valence-corrected chi connectivity index (χ1v) is 11.4. The molecule has 166 valence electrons. The first kappa shape index (κ1) is 20.6. The van der Waals surface area contributed by atoms with Crippen LogP contribution in [0.2, 0.25) is 0 Å². The number of methoxy groups -OCH3 is 2. The van der Waals surface area contributed by atoms with Gasteiger partial charge in [-0.1, -0.05) is 5.16 Å². The molecule has 32 heavy (non-hydrogen) atoms. The van der Waals surface area contributed by atoms with E-state index in [0.717, 1.165) is 40.3 Å². The van der Waals surface area contributed by atoms with Crippen LogP contribution in [0, 0.1) is 6.92 Å². The zero-order valence-corrected chi connectivity index (χ0v) is 19.1. The van der Waals surface area contributed by atoms with Crippen LogP contribution in [0.25, 0.3) is 11.0 Å². The molecule has 2 aromatic carbocycles. The summed E-state index contributed by atoms with van der Waals surface area (Å²) in [5, 5.41) is 15.4. The average molecular weight is 452 g/mol. The van der Waals surface area contributed by atoms with E-state index in [0.29, 0.717) is 23.0 Å². The monoisotopic (exact) mass is 451 g/mol. The Balaban J connectivity index is 1.40. The summed E-state index contributed by atoms with van der Waals surface area (Å²) in [6, 6.07) is 10.1. The molecule has 0 aliphatic heterocycles. The van der Waals surface area contributed by atoms with Gasteiger partial charge in [0.2, 0.25) is 0 Å². The topological polar surface area (TPSA) is 97.2 Å². The zero-order valence-electron chi connectivity index (χ0n) is 18.2. The number of H-pyrrole nitrogens is 1. The van der Waals surface area contributed by atoms with Crippen molar-refractivity contribution in [1.82, 2.24) is 15.4 Å². The molecule has 0 atom stereocenters. The number of aromatic nitrogens is 3. The molecule has 0 bridgehead atoms. The highest BCUT2D eigenvalue weighted by atomic mass is 32.2. The normalized spacial score (nSPS) is 13.1. The van der Waals surface area contributed by atoms with Crippen LogP contribution in [-0.2, 0) is 12.8 Å². The van der Waals surface area contributed by atoms with E-state index in [1.165, 1.54) is 35.9 Å². The molecule has 1 aliphatic carbocycles. The van der Waals surface area contributed by atoms with E-state index >= 15 is 0 Å². The van der Waals surface area contributed by atoms with Crippen molar-refractivity contribution in [3.8, 4) is 11.5 Å². The number of aryl methyl sites for hydroxylation is 3. The molecule has 0 unspecified atom stereocenters. The van der Waals surface area contributed by atoms with Crippen molar-refractivity contribution >= 4 is 40.2 Å². The SMILES string of the molecule is COc1cc2c(NSc3cc4c(cc3OC)CCCC4)noc2cc1Nc1cc(C)[nH]n1. The lowest BCUT2D eigenvalue weighted by Gasteiger charge is -2.19. The van der Waals surface area contributed by atoms with Crippen LogP contribution in [0.1, 0.15) is 29.7 Å². The second-order valence-electron chi connectivity index (χ2n) is 7.82. The van der Waals surface area contributed by atoms with Gasteiger partial charge in [0.15, 0.2) is 17.2 Å². The van der Waals surface area contributed by atoms with Gasteiger partial charge in [0.1, 0.15) is 11.5 Å². The number of ether oxygens (including phenoxy) is 2. The molecule has 2 heterocycles. The van der Waals surface area contributed by atoms with Crippen molar-refractivity contribution in [3.05, 3.63) is 47.2 Å². The van der Waals surface area contributed by atoms with Crippen LogP contribution >= 0.6 is 11.9 Å². The fourth-order valence-corrected chi connectivity index (χ4v) is 4.81. The number of hydrogen-bond donors (Lipinski definition) is 3. The number of aromatic amines is 1. The number of rotatable bonds is 7. The Morgan fingerprint density at radius 3 is 2.50 bits per heavy atom. The number of anilines is 3. The van der Waals surface area contributed by atoms with Gasteiger partial charge in [-0.2, -0.15) is 5.10 Å². The highest BCUT2D eigenvalue weighted by molar-refractivity contribution is 8.00. The molecule has 0 fully saturated rings. The van der Waals surface area contributed by atoms with Crippen LogP contribution < -0.4 is 19.5 Å². The van der Waals surface area contributed by atoms with Crippen molar-refractivity contribution in [2.75, 3.05) is 24.3 Å². The quantitative estimate of drug-likeness (QED) is 0.312. The van der Waals surface area contributed by atoms with Crippen molar-refractivity contribution in [3.63, 3.8) is 0 Å². The summed E-state index contributed by atoms with van der Waals surface area (Å²) in [5.41, 5.74) is 5.14. The third-order valence-corrected chi connectivity index (χ3v) is 6.48. The Kier molecular flexibility index (Phi) is 5.57. The molecular formula is C23H25N5O3S. The van der Waals surface area contributed by atoms with E-state index < -0.39 is 0 Å². The third kappa shape index (κ3) is 3.95. The number of fused-ring (bicyclic) bond motifs is 2. The Morgan fingerprint density at radius 2 is 1.78 bits per heavy atom. The summed E-state index contributed by atoms with van der Waals surface area (Å²) in [6.45, 7) is 1.95. The maximum absolute atomic E-state index is 5.64. The van der Waals surface area contributed by atoms with E-state index in [1.54, 1.807) is 14.2 Å². The molecule has 3 N–H and O–H groups in total. The molecule has 0 spiro atoms. The summed E-state index contributed by atoms with van der Waals surface area (Å²) in [4.78, 5) is 1.03. The van der Waals surface area contributed by atoms with Crippen molar-refractivity contribution in [1.29, 1.82) is 0 Å². The van der Waals surface area contributed by atoms with Crippen LogP contribution in [-0.4, -0.2) is 29.6 Å². The summed E-state index contributed by atoms with van der Waals surface area (Å²) in [7, 11) is 3.34. The molecule has 1 aliphatic rings. The van der Waals surface area contributed by atoms with Gasteiger partial charge in [-0.25, -0.2) is 0 Å². The maximum atomic E-state index is 5.64. The van der Waals surface area contributed by atoms with Crippen LogP contribution in [0.5, 0.6) is 11.5 Å². The van der Waals surface area contributed by atoms with Crippen molar-refractivity contribution in [2.45, 2.75) is 37.5 Å². The van der Waals surface area contributed by atoms with Crippen LogP contribution in [0.4, 0.5) is 17.3 Å².